The van der Waals surface area contributed by atoms with E-state index in [9.17, 15) is 4.79 Å². The Morgan fingerprint density at radius 1 is 1.16 bits per heavy atom. The predicted molar refractivity (Wildman–Crippen MR) is 135 cm³/mol. The number of carbonyl (C=O) groups is 1. The molecule has 1 aliphatic rings. The summed E-state index contributed by atoms with van der Waals surface area (Å²) < 4.78 is 0. The third-order valence-electron chi connectivity index (χ3n) is 4.71. The number of halogens is 1. The van der Waals surface area contributed by atoms with Gasteiger partial charge in [0.05, 0.1) is 5.01 Å². The first kappa shape index (κ1) is 25.2. The molecule has 2 N–H and O–H groups in total. The Morgan fingerprint density at radius 3 is 2.55 bits per heavy atom. The van der Waals surface area contributed by atoms with Crippen molar-refractivity contribution in [3.8, 4) is 0 Å². The Balaban J connectivity index is 0.00000341. The van der Waals surface area contributed by atoms with Crippen LogP contribution in [-0.2, 0) is 11.2 Å². The van der Waals surface area contributed by atoms with Crippen molar-refractivity contribution in [2.24, 2.45) is 4.99 Å². The minimum atomic E-state index is 0. The summed E-state index contributed by atoms with van der Waals surface area (Å²) in [6.07, 6.45) is 6.65. The number of anilines is 1. The van der Waals surface area contributed by atoms with E-state index in [4.69, 9.17) is 0 Å². The van der Waals surface area contributed by atoms with Crippen LogP contribution in [-0.4, -0.2) is 77.5 Å². The van der Waals surface area contributed by atoms with E-state index in [1.807, 2.05) is 18.0 Å². The average Bonchev–Trinajstić information content (AvgIpc) is 3.19. The van der Waals surface area contributed by atoms with Crippen LogP contribution in [0, 0.1) is 6.92 Å². The second-order valence-electron chi connectivity index (χ2n) is 6.97. The zero-order chi connectivity index (χ0) is 21.2. The highest BCUT2D eigenvalue weighted by atomic mass is 127. The molecule has 0 atom stereocenters. The van der Waals surface area contributed by atoms with Gasteiger partial charge in [-0.3, -0.25) is 9.79 Å². The number of nitrogens with one attached hydrogen (secondary N) is 2. The fraction of sp³-hybridized carbons (Fsp3) is 0.550. The van der Waals surface area contributed by atoms with E-state index in [1.165, 1.54) is 4.88 Å². The van der Waals surface area contributed by atoms with E-state index >= 15 is 0 Å². The van der Waals surface area contributed by atoms with Gasteiger partial charge in [-0.2, -0.15) is 0 Å². The highest BCUT2D eigenvalue weighted by Gasteiger charge is 2.22. The summed E-state index contributed by atoms with van der Waals surface area (Å²) in [5.41, 5.74) is 0. The number of hydrogen-bond donors (Lipinski definition) is 2. The van der Waals surface area contributed by atoms with Gasteiger partial charge in [0.25, 0.3) is 0 Å². The number of amides is 1. The summed E-state index contributed by atoms with van der Waals surface area (Å²) in [5, 5.41) is 7.59. The maximum atomic E-state index is 12.6. The number of carbonyl (C=O) groups excluding carboxylic acids is 1. The Labute approximate surface area is 204 Å². The van der Waals surface area contributed by atoms with Crippen molar-refractivity contribution in [1.29, 1.82) is 0 Å². The van der Waals surface area contributed by atoms with E-state index in [1.54, 1.807) is 29.8 Å². The van der Waals surface area contributed by atoms with Crippen molar-refractivity contribution in [1.82, 2.24) is 30.5 Å². The van der Waals surface area contributed by atoms with Crippen molar-refractivity contribution < 1.29 is 4.79 Å². The van der Waals surface area contributed by atoms with E-state index in [0.717, 1.165) is 43.0 Å². The summed E-state index contributed by atoms with van der Waals surface area (Å²) >= 11 is 1.71. The summed E-state index contributed by atoms with van der Waals surface area (Å²) in [6, 6.07) is 1.81. The topological polar surface area (TPSA) is 98.6 Å². The summed E-state index contributed by atoms with van der Waals surface area (Å²) in [6.45, 7) is 8.98. The van der Waals surface area contributed by atoms with Crippen LogP contribution in [0.4, 0.5) is 5.95 Å². The fourth-order valence-corrected chi connectivity index (χ4v) is 3.95. The molecule has 1 saturated heterocycles. The van der Waals surface area contributed by atoms with Crippen LogP contribution in [0.2, 0.25) is 0 Å². The van der Waals surface area contributed by atoms with E-state index in [0.29, 0.717) is 32.6 Å². The van der Waals surface area contributed by atoms with Crippen molar-refractivity contribution in [3.05, 3.63) is 34.5 Å². The van der Waals surface area contributed by atoms with Gasteiger partial charge in [0.2, 0.25) is 11.9 Å². The Bertz CT molecular complexity index is 824. The standard InChI is InChI=1S/C20H30N8OS.HI/c1-3-21-19(22-9-5-17-26-15-16(2)30-17)23-10-6-18(29)27-11-13-28(14-12-27)20-24-7-4-8-25-20;/h4,7-8,15H,3,5-6,9-14H2,1-2H3,(H2,21,22,23);1H. The van der Waals surface area contributed by atoms with Crippen LogP contribution in [0.25, 0.3) is 0 Å². The predicted octanol–water partition coefficient (Wildman–Crippen LogP) is 1.70. The third-order valence-corrected chi connectivity index (χ3v) is 5.68. The molecule has 0 spiro atoms. The van der Waals surface area contributed by atoms with Crippen LogP contribution < -0.4 is 15.5 Å². The van der Waals surface area contributed by atoms with E-state index in [2.05, 4.69) is 42.4 Å². The molecule has 11 heteroatoms. The van der Waals surface area contributed by atoms with Gasteiger partial charge < -0.3 is 20.4 Å². The lowest BCUT2D eigenvalue weighted by atomic mass is 10.3. The van der Waals surface area contributed by atoms with E-state index in [-0.39, 0.29) is 29.9 Å². The smallest absolute Gasteiger partial charge is 0.225 e. The van der Waals surface area contributed by atoms with Crippen LogP contribution in [0.3, 0.4) is 0 Å². The quantitative estimate of drug-likeness (QED) is 0.289. The third kappa shape index (κ3) is 8.20. The average molecular weight is 558 g/mol. The molecule has 0 bridgehead atoms. The van der Waals surface area contributed by atoms with Crippen molar-refractivity contribution >= 4 is 53.1 Å². The lowest BCUT2D eigenvalue weighted by Gasteiger charge is -2.34. The molecular formula is C20H31IN8OS. The first-order valence-corrected chi connectivity index (χ1v) is 11.2. The van der Waals surface area contributed by atoms with Crippen molar-refractivity contribution in [3.63, 3.8) is 0 Å². The number of piperazine rings is 1. The zero-order valence-electron chi connectivity index (χ0n) is 18.1. The number of rotatable bonds is 8. The number of aliphatic imine (C=N–C) groups is 1. The SMILES string of the molecule is CCNC(=NCCc1ncc(C)s1)NCCC(=O)N1CCN(c2ncccn2)CC1.I. The van der Waals surface area contributed by atoms with E-state index < -0.39 is 0 Å². The molecule has 31 heavy (non-hydrogen) atoms. The number of aryl methyl sites for hydroxylation is 1. The Hall–Kier alpha value is -2.02. The van der Waals surface area contributed by atoms with Crippen LogP contribution in [0.1, 0.15) is 23.2 Å². The Kier molecular flexibility index (Phi) is 10.9. The molecule has 9 nitrogen and oxygen atoms in total. The maximum Gasteiger partial charge on any atom is 0.225 e. The van der Waals surface area contributed by atoms with Crippen LogP contribution in [0.15, 0.2) is 29.6 Å². The number of thiazole rings is 1. The van der Waals surface area contributed by atoms with Gasteiger partial charge in [-0.15, -0.1) is 35.3 Å². The first-order chi connectivity index (χ1) is 14.7. The summed E-state index contributed by atoms with van der Waals surface area (Å²) in [7, 11) is 0. The van der Waals surface area contributed by atoms with Crippen LogP contribution >= 0.6 is 35.3 Å². The highest BCUT2D eigenvalue weighted by molar-refractivity contribution is 14.0. The maximum absolute atomic E-state index is 12.6. The lowest BCUT2D eigenvalue weighted by Crippen LogP contribution is -2.50. The minimum Gasteiger partial charge on any atom is -0.357 e. The number of nitrogens with zero attached hydrogens (tertiary/aromatic N) is 6. The normalized spacial score (nSPS) is 14.2. The number of aromatic nitrogens is 3. The summed E-state index contributed by atoms with van der Waals surface area (Å²) in [5.74, 6) is 1.63. The molecule has 0 radical (unpaired) electrons. The van der Waals surface area contributed by atoms with Gasteiger partial charge in [-0.25, -0.2) is 15.0 Å². The van der Waals surface area contributed by atoms with Crippen molar-refractivity contribution in [2.75, 3.05) is 50.7 Å². The first-order valence-electron chi connectivity index (χ1n) is 10.4. The van der Waals surface area contributed by atoms with Crippen molar-refractivity contribution in [2.45, 2.75) is 26.7 Å². The van der Waals surface area contributed by atoms with Gasteiger partial charge >= 0.3 is 0 Å². The zero-order valence-corrected chi connectivity index (χ0v) is 21.2. The molecule has 170 valence electrons. The molecule has 0 saturated carbocycles. The molecule has 1 fully saturated rings. The summed E-state index contributed by atoms with van der Waals surface area (Å²) in [4.78, 5) is 35.3. The molecule has 3 heterocycles. The van der Waals surface area contributed by atoms with Gasteiger partial charge in [0.15, 0.2) is 5.96 Å². The van der Waals surface area contributed by atoms with Gasteiger partial charge in [0, 0.05) is 82.1 Å². The van der Waals surface area contributed by atoms with Crippen LogP contribution in [0.5, 0.6) is 0 Å². The molecule has 0 aromatic carbocycles. The molecule has 2 aromatic heterocycles. The minimum absolute atomic E-state index is 0. The van der Waals surface area contributed by atoms with Gasteiger partial charge in [-0.05, 0) is 19.9 Å². The molecular weight excluding hydrogens is 527 g/mol. The molecule has 0 unspecified atom stereocenters. The fourth-order valence-electron chi connectivity index (χ4n) is 3.18. The largest absolute Gasteiger partial charge is 0.357 e. The number of hydrogen-bond acceptors (Lipinski definition) is 7. The van der Waals surface area contributed by atoms with Gasteiger partial charge in [-0.1, -0.05) is 0 Å². The second kappa shape index (κ2) is 13.4. The highest BCUT2D eigenvalue weighted by Crippen LogP contribution is 2.12. The molecule has 3 rings (SSSR count). The Morgan fingerprint density at radius 2 is 1.90 bits per heavy atom. The van der Waals surface area contributed by atoms with Gasteiger partial charge in [0.1, 0.15) is 0 Å². The number of guanidine groups is 1. The molecule has 0 aliphatic carbocycles. The monoisotopic (exact) mass is 558 g/mol. The molecule has 2 aromatic rings. The lowest BCUT2D eigenvalue weighted by molar-refractivity contribution is -0.131. The molecule has 1 aliphatic heterocycles. The molecule has 1 amide bonds. The second-order valence-corrected chi connectivity index (χ2v) is 8.29.